The molecule has 0 fully saturated rings. The third-order valence-corrected chi connectivity index (χ3v) is 0.556. The maximum Gasteiger partial charge on any atom is 2.00 e. The fourth-order valence-corrected chi connectivity index (χ4v) is 0.321. The van der Waals surface area contributed by atoms with Crippen molar-refractivity contribution in [1.29, 1.82) is 0 Å². The molecule has 0 saturated heterocycles. The quantitative estimate of drug-likeness (QED) is 0.349. The molecular formula is C5H5BF4Fe. The van der Waals surface area contributed by atoms with Crippen molar-refractivity contribution in [3.63, 3.8) is 0 Å². The van der Waals surface area contributed by atoms with Crippen LogP contribution in [0.4, 0.5) is 17.3 Å². The fraction of sp³-hybridized carbons (Fsp3) is 0. The van der Waals surface area contributed by atoms with Crippen LogP contribution in [0, 0.1) is 0 Å². The molecule has 0 aliphatic heterocycles. The summed E-state index contributed by atoms with van der Waals surface area (Å²) in [6.07, 6.45) is 0. The smallest absolute Gasteiger partial charge is 0.418 e. The second-order valence-electron chi connectivity index (χ2n) is 1.46. The van der Waals surface area contributed by atoms with Gasteiger partial charge in [-0.15, -0.1) is 0 Å². The van der Waals surface area contributed by atoms with Gasteiger partial charge in [0.25, 0.3) is 0 Å². The van der Waals surface area contributed by atoms with Crippen LogP contribution in [0.2, 0.25) is 0 Å². The molecule has 6 heteroatoms. The number of hydrogen-bond donors (Lipinski definition) is 0. The average molecular weight is 208 g/mol. The van der Waals surface area contributed by atoms with Gasteiger partial charge in [0.2, 0.25) is 0 Å². The van der Waals surface area contributed by atoms with Gasteiger partial charge in [0.05, 0.1) is 0 Å². The Balaban J connectivity index is 0. The Kier molecular flexibility index (Phi) is 7.68. The zero-order valence-corrected chi connectivity index (χ0v) is 6.43. The van der Waals surface area contributed by atoms with E-state index in [2.05, 4.69) is 0 Å². The normalized spacial score (nSPS) is 9.09. The molecule has 0 saturated carbocycles. The molecule has 0 nitrogen and oxygen atoms in total. The van der Waals surface area contributed by atoms with Gasteiger partial charge in [0, 0.05) is 0 Å². The third kappa shape index (κ3) is 26.1. The summed E-state index contributed by atoms with van der Waals surface area (Å²) in [4.78, 5) is 0. The number of halogens is 4. The van der Waals surface area contributed by atoms with E-state index in [-0.39, 0.29) is 17.1 Å². The van der Waals surface area contributed by atoms with Gasteiger partial charge >= 0.3 is 24.3 Å². The van der Waals surface area contributed by atoms with E-state index >= 15 is 0 Å². The van der Waals surface area contributed by atoms with Crippen LogP contribution in [0.25, 0.3) is 0 Å². The van der Waals surface area contributed by atoms with E-state index in [4.69, 9.17) is 0 Å². The summed E-state index contributed by atoms with van der Waals surface area (Å²) in [7, 11) is -6.00. The summed E-state index contributed by atoms with van der Waals surface area (Å²) in [5, 5.41) is 0. The summed E-state index contributed by atoms with van der Waals surface area (Å²) in [5.41, 5.74) is 0. The van der Waals surface area contributed by atoms with Gasteiger partial charge < -0.3 is 17.3 Å². The molecule has 64 valence electrons. The Morgan fingerprint density at radius 3 is 1.27 bits per heavy atom. The van der Waals surface area contributed by atoms with Crippen molar-refractivity contribution in [3.8, 4) is 0 Å². The van der Waals surface area contributed by atoms with E-state index in [1.165, 1.54) is 0 Å². The van der Waals surface area contributed by atoms with E-state index in [0.29, 0.717) is 0 Å². The Morgan fingerprint density at radius 1 is 0.909 bits per heavy atom. The molecular weight excluding hydrogens is 203 g/mol. The zero-order chi connectivity index (χ0) is 8.04. The first-order chi connectivity index (χ1) is 4.50. The molecule has 0 heterocycles. The van der Waals surface area contributed by atoms with Crippen molar-refractivity contribution in [3.05, 3.63) is 30.3 Å². The molecule has 0 spiro atoms. The second-order valence-corrected chi connectivity index (χ2v) is 1.46. The van der Waals surface area contributed by atoms with Crippen molar-refractivity contribution in [2.45, 2.75) is 0 Å². The van der Waals surface area contributed by atoms with Crippen molar-refractivity contribution >= 4 is 7.25 Å². The molecule has 0 aromatic heterocycles. The van der Waals surface area contributed by atoms with Crippen LogP contribution < -0.4 is 0 Å². The van der Waals surface area contributed by atoms with Gasteiger partial charge in [-0.3, -0.25) is 0 Å². The van der Waals surface area contributed by atoms with Crippen LogP contribution in [-0.2, 0) is 17.1 Å². The maximum atomic E-state index is 9.75. The van der Waals surface area contributed by atoms with Crippen LogP contribution >= 0.6 is 0 Å². The molecule has 0 unspecified atom stereocenters. The van der Waals surface area contributed by atoms with Crippen molar-refractivity contribution in [2.75, 3.05) is 0 Å². The average Bonchev–Trinajstić information content (AvgIpc) is 2.07. The van der Waals surface area contributed by atoms with Crippen molar-refractivity contribution < 1.29 is 34.3 Å². The van der Waals surface area contributed by atoms with E-state index in [1.807, 2.05) is 30.3 Å². The first-order valence-corrected chi connectivity index (χ1v) is 2.54. The van der Waals surface area contributed by atoms with Crippen LogP contribution in [0.15, 0.2) is 30.3 Å². The van der Waals surface area contributed by atoms with Crippen LogP contribution in [0.5, 0.6) is 0 Å². The second kappa shape index (κ2) is 6.37. The SMILES string of the molecule is F[B-](F)(F)F.[Fe+2].c1cc[cH-]c1. The minimum atomic E-state index is -6.00. The molecule has 0 aliphatic rings. The molecule has 1 aromatic rings. The predicted molar refractivity (Wildman–Crippen MR) is 32.2 cm³/mol. The van der Waals surface area contributed by atoms with Crippen LogP contribution in [0.1, 0.15) is 0 Å². The zero-order valence-electron chi connectivity index (χ0n) is 5.33. The number of hydrogen-bond acceptors (Lipinski definition) is 0. The summed E-state index contributed by atoms with van der Waals surface area (Å²) in [6.45, 7) is 0. The van der Waals surface area contributed by atoms with Gasteiger partial charge in [0.15, 0.2) is 0 Å². The third-order valence-electron chi connectivity index (χ3n) is 0.556. The molecule has 0 atom stereocenters. The van der Waals surface area contributed by atoms with E-state index in [1.54, 1.807) is 0 Å². The summed E-state index contributed by atoms with van der Waals surface area (Å²) >= 11 is 0. The van der Waals surface area contributed by atoms with Gasteiger partial charge in [-0.25, -0.2) is 12.1 Å². The topological polar surface area (TPSA) is 0 Å². The van der Waals surface area contributed by atoms with Crippen LogP contribution in [-0.4, -0.2) is 7.25 Å². The van der Waals surface area contributed by atoms with Crippen molar-refractivity contribution in [1.82, 2.24) is 0 Å². The molecule has 1 aromatic carbocycles. The Bertz CT molecular complexity index is 125. The van der Waals surface area contributed by atoms with E-state index in [0.717, 1.165) is 0 Å². The predicted octanol–water partition coefficient (Wildman–Crippen LogP) is 2.70. The Hall–Kier alpha value is -0.346. The molecule has 0 N–H and O–H groups in total. The minimum Gasteiger partial charge on any atom is -0.418 e. The minimum absolute atomic E-state index is 0. The first kappa shape index (κ1) is 13.3. The standard InChI is InChI=1S/C5H5.BF4.Fe/c1-2-4-5-3-1;2-1(3,4)5;/h1-5H;;/q2*-1;+2. The molecule has 0 bridgehead atoms. The molecule has 11 heavy (non-hydrogen) atoms. The fourth-order valence-electron chi connectivity index (χ4n) is 0.321. The van der Waals surface area contributed by atoms with Gasteiger partial charge in [-0.05, 0) is 0 Å². The molecule has 0 aliphatic carbocycles. The van der Waals surface area contributed by atoms with Crippen molar-refractivity contribution in [2.24, 2.45) is 0 Å². The first-order valence-electron chi connectivity index (χ1n) is 2.54. The van der Waals surface area contributed by atoms with Crippen LogP contribution in [0.3, 0.4) is 0 Å². The summed E-state index contributed by atoms with van der Waals surface area (Å²) < 4.78 is 39.0. The Morgan fingerprint density at radius 2 is 1.18 bits per heavy atom. The Labute approximate surface area is 72.5 Å². The van der Waals surface area contributed by atoms with E-state index in [9.17, 15) is 17.3 Å². The van der Waals surface area contributed by atoms with Gasteiger partial charge in [-0.2, -0.15) is 18.2 Å². The summed E-state index contributed by atoms with van der Waals surface area (Å²) in [5.74, 6) is 0. The van der Waals surface area contributed by atoms with Gasteiger partial charge in [0.1, 0.15) is 0 Å². The number of rotatable bonds is 0. The molecule has 1 rings (SSSR count). The maximum absolute atomic E-state index is 9.75. The van der Waals surface area contributed by atoms with E-state index < -0.39 is 7.25 Å². The molecule has 0 radical (unpaired) electrons. The van der Waals surface area contributed by atoms with Gasteiger partial charge in [-0.1, -0.05) is 0 Å². The monoisotopic (exact) mass is 208 g/mol. The molecule has 0 amide bonds. The summed E-state index contributed by atoms with van der Waals surface area (Å²) in [6, 6.07) is 10.0. The largest absolute Gasteiger partial charge is 2.00 e.